The molecule has 0 aliphatic carbocycles. The molecule has 3 aromatic rings. The Balaban J connectivity index is 1.93. The number of nitrogens with zero attached hydrogens (tertiary/aromatic N) is 1. The molecular weight excluding hydrogens is 364 g/mol. The third kappa shape index (κ3) is 4.24. The number of benzene rings is 3. The maximum absolute atomic E-state index is 12.2. The molecule has 0 spiro atoms. The van der Waals surface area contributed by atoms with E-state index < -0.39 is 22.7 Å². The van der Waals surface area contributed by atoms with Crippen LogP contribution in [0, 0.1) is 10.1 Å². The van der Waals surface area contributed by atoms with Crippen molar-refractivity contribution in [2.24, 2.45) is 0 Å². The summed E-state index contributed by atoms with van der Waals surface area (Å²) in [7, 11) is 0. The number of hydrogen-bond acceptors (Lipinski definition) is 6. The van der Waals surface area contributed by atoms with E-state index in [2.05, 4.69) is 5.32 Å². The second kappa shape index (κ2) is 8.17. The van der Waals surface area contributed by atoms with Crippen LogP contribution in [0.2, 0.25) is 0 Å². The number of anilines is 1. The number of ether oxygens (including phenoxy) is 2. The van der Waals surface area contributed by atoms with E-state index in [9.17, 15) is 19.7 Å². The second-order valence-corrected chi connectivity index (χ2v) is 5.86. The Hall–Kier alpha value is -3.94. The van der Waals surface area contributed by atoms with Crippen molar-refractivity contribution >= 4 is 34.2 Å². The zero-order valence-electron chi connectivity index (χ0n) is 14.9. The van der Waals surface area contributed by atoms with Crippen LogP contribution in [0.25, 0.3) is 10.8 Å². The Morgan fingerprint density at radius 1 is 1.04 bits per heavy atom. The fourth-order valence-corrected chi connectivity index (χ4v) is 2.69. The predicted molar refractivity (Wildman–Crippen MR) is 102 cm³/mol. The van der Waals surface area contributed by atoms with Gasteiger partial charge in [-0.05, 0) is 5.56 Å². The number of nitro groups is 1. The molecule has 0 saturated heterocycles. The van der Waals surface area contributed by atoms with Crippen LogP contribution in [0.3, 0.4) is 0 Å². The SMILES string of the molecule is CC(=O)Oc1c([N+](=O)[O-])cc(NC(=O)OCc2ccccc2)c2ccccc12. The second-order valence-electron chi connectivity index (χ2n) is 5.86. The molecule has 142 valence electrons. The zero-order chi connectivity index (χ0) is 20.1. The third-order valence-corrected chi connectivity index (χ3v) is 3.87. The van der Waals surface area contributed by atoms with Crippen molar-refractivity contribution in [2.75, 3.05) is 5.32 Å². The Bertz CT molecular complexity index is 1050. The highest BCUT2D eigenvalue weighted by Crippen LogP contribution is 2.40. The number of amides is 1. The monoisotopic (exact) mass is 380 g/mol. The van der Waals surface area contributed by atoms with E-state index in [-0.39, 0.29) is 18.0 Å². The van der Waals surface area contributed by atoms with Crippen LogP contribution in [-0.4, -0.2) is 17.0 Å². The first kappa shape index (κ1) is 18.8. The van der Waals surface area contributed by atoms with Gasteiger partial charge in [-0.1, -0.05) is 54.6 Å². The summed E-state index contributed by atoms with van der Waals surface area (Å²) in [5.74, 6) is -0.854. The van der Waals surface area contributed by atoms with E-state index in [1.54, 1.807) is 36.4 Å². The summed E-state index contributed by atoms with van der Waals surface area (Å²) in [6.07, 6.45) is -0.761. The van der Waals surface area contributed by atoms with Gasteiger partial charge in [0.2, 0.25) is 5.75 Å². The van der Waals surface area contributed by atoms with Crippen molar-refractivity contribution in [3.05, 3.63) is 76.3 Å². The van der Waals surface area contributed by atoms with Gasteiger partial charge in [0, 0.05) is 23.8 Å². The largest absolute Gasteiger partial charge is 0.444 e. The summed E-state index contributed by atoms with van der Waals surface area (Å²) < 4.78 is 10.2. The molecule has 1 amide bonds. The van der Waals surface area contributed by atoms with Gasteiger partial charge in [0.15, 0.2) is 0 Å². The molecule has 3 rings (SSSR count). The van der Waals surface area contributed by atoms with Gasteiger partial charge in [0.25, 0.3) is 0 Å². The minimum atomic E-state index is -0.761. The average molecular weight is 380 g/mol. The molecule has 0 saturated carbocycles. The molecule has 1 N–H and O–H groups in total. The topological polar surface area (TPSA) is 108 Å². The molecule has 0 aromatic heterocycles. The van der Waals surface area contributed by atoms with Crippen LogP contribution in [-0.2, 0) is 16.1 Å². The highest BCUT2D eigenvalue weighted by Gasteiger charge is 2.24. The van der Waals surface area contributed by atoms with Crippen LogP contribution in [0.4, 0.5) is 16.2 Å². The maximum Gasteiger partial charge on any atom is 0.411 e. The van der Waals surface area contributed by atoms with Crippen molar-refractivity contribution < 1.29 is 24.0 Å². The van der Waals surface area contributed by atoms with Crippen LogP contribution in [0.1, 0.15) is 12.5 Å². The minimum Gasteiger partial charge on any atom is -0.444 e. The normalized spacial score (nSPS) is 10.3. The molecule has 0 atom stereocenters. The quantitative estimate of drug-likeness (QED) is 0.304. The van der Waals surface area contributed by atoms with Crippen molar-refractivity contribution in [3.8, 4) is 5.75 Å². The zero-order valence-corrected chi connectivity index (χ0v) is 14.9. The van der Waals surface area contributed by atoms with Gasteiger partial charge >= 0.3 is 17.7 Å². The summed E-state index contributed by atoms with van der Waals surface area (Å²) in [6.45, 7) is 1.21. The summed E-state index contributed by atoms with van der Waals surface area (Å²) in [5.41, 5.74) is 0.544. The van der Waals surface area contributed by atoms with Crippen LogP contribution in [0.5, 0.6) is 5.75 Å². The summed E-state index contributed by atoms with van der Waals surface area (Å²) >= 11 is 0. The highest BCUT2D eigenvalue weighted by molar-refractivity contribution is 6.05. The van der Waals surface area contributed by atoms with E-state index in [0.29, 0.717) is 10.8 Å². The molecule has 8 nitrogen and oxygen atoms in total. The molecule has 0 aliphatic rings. The lowest BCUT2D eigenvalue weighted by Gasteiger charge is -2.13. The first-order chi connectivity index (χ1) is 13.5. The van der Waals surface area contributed by atoms with Crippen LogP contribution in [0.15, 0.2) is 60.7 Å². The van der Waals surface area contributed by atoms with Gasteiger partial charge in [-0.15, -0.1) is 0 Å². The smallest absolute Gasteiger partial charge is 0.411 e. The lowest BCUT2D eigenvalue weighted by molar-refractivity contribution is -0.385. The van der Waals surface area contributed by atoms with Gasteiger partial charge in [-0.25, -0.2) is 4.79 Å². The molecule has 8 heteroatoms. The molecule has 0 radical (unpaired) electrons. The van der Waals surface area contributed by atoms with E-state index in [4.69, 9.17) is 9.47 Å². The van der Waals surface area contributed by atoms with E-state index in [1.165, 1.54) is 0 Å². The Morgan fingerprint density at radius 3 is 2.32 bits per heavy atom. The number of rotatable bonds is 5. The Labute approximate surface area is 159 Å². The number of nitrogens with one attached hydrogen (secondary N) is 1. The van der Waals surface area contributed by atoms with Crippen molar-refractivity contribution in [2.45, 2.75) is 13.5 Å². The Kier molecular flexibility index (Phi) is 5.50. The molecule has 0 heterocycles. The summed E-state index contributed by atoms with van der Waals surface area (Å²) in [4.78, 5) is 34.4. The lowest BCUT2D eigenvalue weighted by Crippen LogP contribution is -2.14. The molecule has 0 fully saturated rings. The molecular formula is C20H16N2O6. The number of carbonyl (C=O) groups excluding carboxylic acids is 2. The van der Waals surface area contributed by atoms with Crippen molar-refractivity contribution in [1.82, 2.24) is 0 Å². The first-order valence-electron chi connectivity index (χ1n) is 8.32. The number of fused-ring (bicyclic) bond motifs is 1. The highest BCUT2D eigenvalue weighted by atomic mass is 16.6. The number of esters is 1. The number of hydrogen-bond donors (Lipinski definition) is 1. The number of nitro benzene ring substituents is 1. The van der Waals surface area contributed by atoms with Gasteiger partial charge in [-0.3, -0.25) is 20.2 Å². The maximum atomic E-state index is 12.2. The standard InChI is InChI=1S/C20H16N2O6/c1-13(23)28-19-16-10-6-5-9-15(16)17(11-18(19)22(25)26)21-20(24)27-12-14-7-3-2-4-8-14/h2-11H,12H2,1H3,(H,21,24). The summed E-state index contributed by atoms with van der Waals surface area (Å²) in [6, 6.07) is 16.8. The van der Waals surface area contributed by atoms with Gasteiger partial charge < -0.3 is 9.47 Å². The third-order valence-electron chi connectivity index (χ3n) is 3.87. The van der Waals surface area contributed by atoms with Crippen LogP contribution < -0.4 is 10.1 Å². The molecule has 3 aromatic carbocycles. The van der Waals surface area contributed by atoms with Crippen LogP contribution >= 0.6 is 0 Å². The molecule has 28 heavy (non-hydrogen) atoms. The first-order valence-corrected chi connectivity index (χ1v) is 8.32. The fourth-order valence-electron chi connectivity index (χ4n) is 2.69. The van der Waals surface area contributed by atoms with Crippen molar-refractivity contribution in [1.29, 1.82) is 0 Å². The minimum absolute atomic E-state index is 0.0538. The van der Waals surface area contributed by atoms with Gasteiger partial charge in [0.05, 0.1) is 10.6 Å². The number of carbonyl (C=O) groups is 2. The molecule has 0 aliphatic heterocycles. The summed E-state index contributed by atoms with van der Waals surface area (Å²) in [5, 5.41) is 14.8. The average Bonchev–Trinajstić information content (AvgIpc) is 2.68. The van der Waals surface area contributed by atoms with Gasteiger partial charge in [-0.2, -0.15) is 0 Å². The lowest BCUT2D eigenvalue weighted by atomic mass is 10.1. The predicted octanol–water partition coefficient (Wildman–Crippen LogP) is 4.42. The van der Waals surface area contributed by atoms with E-state index in [0.717, 1.165) is 18.6 Å². The van der Waals surface area contributed by atoms with E-state index >= 15 is 0 Å². The van der Waals surface area contributed by atoms with E-state index in [1.807, 2.05) is 18.2 Å². The fraction of sp³-hybridized carbons (Fsp3) is 0.100. The molecule has 0 bridgehead atoms. The van der Waals surface area contributed by atoms with Gasteiger partial charge in [0.1, 0.15) is 6.61 Å². The Morgan fingerprint density at radius 2 is 1.68 bits per heavy atom. The molecule has 0 unspecified atom stereocenters. The van der Waals surface area contributed by atoms with Crippen molar-refractivity contribution in [3.63, 3.8) is 0 Å².